The lowest BCUT2D eigenvalue weighted by Crippen LogP contribution is -2.24. The minimum atomic E-state index is -1.09. The molecule has 104 valence electrons. The van der Waals surface area contributed by atoms with Crippen LogP contribution in [0.2, 0.25) is 0 Å². The summed E-state index contributed by atoms with van der Waals surface area (Å²) in [6, 6.07) is 5.08. The third-order valence-electron chi connectivity index (χ3n) is 2.27. The summed E-state index contributed by atoms with van der Waals surface area (Å²) in [5, 5.41) is 0. The molecule has 0 N–H and O–H groups in total. The number of aromatic nitrogens is 1. The molecule has 1 heterocycles. The lowest BCUT2D eigenvalue weighted by Gasteiger charge is -2.16. The fraction of sp³-hybridized carbons (Fsp3) is 0.500. The molecule has 0 aliphatic carbocycles. The van der Waals surface area contributed by atoms with Gasteiger partial charge in [-0.25, -0.2) is 4.79 Å². The van der Waals surface area contributed by atoms with Crippen LogP contribution >= 0.6 is 0 Å². The average molecular weight is 265 g/mol. The Bertz CT molecular complexity index is 417. The number of carbonyl (C=O) groups excluding carboxylic acids is 2. The maximum atomic E-state index is 12.0. The van der Waals surface area contributed by atoms with E-state index in [1.54, 1.807) is 25.1 Å². The molecule has 19 heavy (non-hydrogen) atoms. The van der Waals surface area contributed by atoms with Gasteiger partial charge in [0, 0.05) is 12.6 Å². The summed E-state index contributed by atoms with van der Waals surface area (Å²) in [6.07, 6.45) is 0.644. The number of hydrogen-bond acceptors (Lipinski definition) is 5. The summed E-state index contributed by atoms with van der Waals surface area (Å²) < 4.78 is 10.2. The van der Waals surface area contributed by atoms with E-state index in [4.69, 9.17) is 9.47 Å². The van der Waals surface area contributed by atoms with Crippen molar-refractivity contribution in [3.05, 3.63) is 30.1 Å². The van der Waals surface area contributed by atoms with Crippen LogP contribution in [0.3, 0.4) is 0 Å². The Labute approximate surface area is 112 Å². The largest absolute Gasteiger partial charge is 0.462 e. The zero-order valence-corrected chi connectivity index (χ0v) is 11.5. The van der Waals surface area contributed by atoms with E-state index in [1.165, 1.54) is 6.20 Å². The fourth-order valence-electron chi connectivity index (χ4n) is 1.30. The number of nitrogens with zero attached hydrogens (tertiary/aromatic N) is 1. The number of pyridine rings is 1. The van der Waals surface area contributed by atoms with Crippen LogP contribution in [0, 0.1) is 5.92 Å². The molecule has 0 saturated carbocycles. The van der Waals surface area contributed by atoms with Gasteiger partial charge < -0.3 is 9.47 Å². The number of hydrogen-bond donors (Lipinski definition) is 0. The molecule has 0 bridgehead atoms. The van der Waals surface area contributed by atoms with Crippen molar-refractivity contribution in [1.29, 1.82) is 0 Å². The molecule has 0 fully saturated rings. The zero-order valence-electron chi connectivity index (χ0n) is 11.5. The van der Waals surface area contributed by atoms with Gasteiger partial charge in [-0.3, -0.25) is 9.78 Å². The Balaban J connectivity index is 2.80. The predicted molar refractivity (Wildman–Crippen MR) is 69.2 cm³/mol. The van der Waals surface area contributed by atoms with E-state index in [0.717, 1.165) is 0 Å². The third kappa shape index (κ3) is 5.07. The van der Waals surface area contributed by atoms with Gasteiger partial charge in [0.15, 0.2) is 0 Å². The normalized spacial score (nSPS) is 12.0. The van der Waals surface area contributed by atoms with E-state index < -0.39 is 18.0 Å². The minimum absolute atomic E-state index is 0.195. The highest BCUT2D eigenvalue weighted by Crippen LogP contribution is 2.18. The SMILES string of the molecule is CCC(=O)OC(C(=O)OCC(C)C)c1ccccn1. The molecule has 0 aromatic carbocycles. The highest BCUT2D eigenvalue weighted by molar-refractivity contribution is 5.80. The first-order valence-electron chi connectivity index (χ1n) is 6.31. The standard InChI is InChI=1S/C14H19NO4/c1-4-12(16)19-13(11-7-5-6-8-15-11)14(17)18-9-10(2)3/h5-8,10,13H,4,9H2,1-3H3. The predicted octanol–water partition coefficient (Wildman–Crippen LogP) is 2.28. The highest BCUT2D eigenvalue weighted by Gasteiger charge is 2.27. The number of esters is 2. The van der Waals surface area contributed by atoms with Crippen molar-refractivity contribution < 1.29 is 19.1 Å². The van der Waals surface area contributed by atoms with E-state index in [9.17, 15) is 9.59 Å². The molecule has 0 amide bonds. The van der Waals surface area contributed by atoms with Crippen LogP contribution in [-0.4, -0.2) is 23.5 Å². The third-order valence-corrected chi connectivity index (χ3v) is 2.27. The van der Waals surface area contributed by atoms with E-state index in [0.29, 0.717) is 5.69 Å². The van der Waals surface area contributed by atoms with Crippen LogP contribution in [0.1, 0.15) is 39.0 Å². The summed E-state index contributed by atoms with van der Waals surface area (Å²) >= 11 is 0. The Morgan fingerprint density at radius 3 is 2.58 bits per heavy atom. The smallest absolute Gasteiger partial charge is 0.353 e. The molecule has 1 aromatic rings. The minimum Gasteiger partial charge on any atom is -0.462 e. The van der Waals surface area contributed by atoms with Gasteiger partial charge in [0.1, 0.15) is 0 Å². The lowest BCUT2D eigenvalue weighted by molar-refractivity contribution is -0.169. The summed E-state index contributed by atoms with van der Waals surface area (Å²) in [4.78, 5) is 27.4. The Kier molecular flexibility index (Phi) is 5.99. The van der Waals surface area contributed by atoms with Crippen molar-refractivity contribution in [3.63, 3.8) is 0 Å². The van der Waals surface area contributed by atoms with Crippen LogP contribution < -0.4 is 0 Å². The van der Waals surface area contributed by atoms with Crippen LogP contribution in [0.5, 0.6) is 0 Å². The van der Waals surface area contributed by atoms with Crippen LogP contribution in [-0.2, 0) is 19.1 Å². The average Bonchev–Trinajstić information content (AvgIpc) is 2.42. The topological polar surface area (TPSA) is 65.5 Å². The summed E-state index contributed by atoms with van der Waals surface area (Å²) in [6.45, 7) is 5.81. The fourth-order valence-corrected chi connectivity index (χ4v) is 1.30. The highest BCUT2D eigenvalue weighted by atomic mass is 16.6. The molecule has 0 saturated heterocycles. The van der Waals surface area contributed by atoms with Crippen molar-refractivity contribution in [2.75, 3.05) is 6.61 Å². The van der Waals surface area contributed by atoms with Crippen molar-refractivity contribution in [2.45, 2.75) is 33.3 Å². The Morgan fingerprint density at radius 2 is 2.05 bits per heavy atom. The maximum absolute atomic E-state index is 12.0. The molecule has 0 aliphatic rings. The van der Waals surface area contributed by atoms with Crippen LogP contribution in [0.15, 0.2) is 24.4 Å². The molecule has 0 aliphatic heterocycles. The molecule has 0 spiro atoms. The number of ether oxygens (including phenoxy) is 2. The summed E-state index contributed by atoms with van der Waals surface area (Å²) in [5.74, 6) is -0.832. The van der Waals surface area contributed by atoms with Gasteiger partial charge in [-0.15, -0.1) is 0 Å². The quantitative estimate of drug-likeness (QED) is 0.738. The molecule has 5 heteroatoms. The van der Waals surface area contributed by atoms with E-state index in [-0.39, 0.29) is 18.9 Å². The monoisotopic (exact) mass is 265 g/mol. The molecule has 1 unspecified atom stereocenters. The van der Waals surface area contributed by atoms with Gasteiger partial charge >= 0.3 is 11.9 Å². The molecule has 1 rings (SSSR count). The molecule has 0 radical (unpaired) electrons. The second-order valence-corrected chi connectivity index (χ2v) is 4.50. The van der Waals surface area contributed by atoms with Crippen molar-refractivity contribution >= 4 is 11.9 Å². The molecule has 1 atom stereocenters. The first-order chi connectivity index (χ1) is 9.04. The second-order valence-electron chi connectivity index (χ2n) is 4.50. The van der Waals surface area contributed by atoms with Gasteiger partial charge in [-0.05, 0) is 18.1 Å². The first kappa shape index (κ1) is 15.1. The Hall–Kier alpha value is -1.91. The Morgan fingerprint density at radius 1 is 1.32 bits per heavy atom. The van der Waals surface area contributed by atoms with Gasteiger partial charge in [0.25, 0.3) is 0 Å². The summed E-state index contributed by atoms with van der Waals surface area (Å²) in [7, 11) is 0. The molecular weight excluding hydrogens is 246 g/mol. The van der Waals surface area contributed by atoms with Gasteiger partial charge in [0.05, 0.1) is 12.3 Å². The van der Waals surface area contributed by atoms with Gasteiger partial charge in [0.2, 0.25) is 6.10 Å². The lowest BCUT2D eigenvalue weighted by atomic mass is 10.2. The van der Waals surface area contributed by atoms with E-state index in [1.807, 2.05) is 13.8 Å². The molecular formula is C14H19NO4. The van der Waals surface area contributed by atoms with Crippen molar-refractivity contribution in [2.24, 2.45) is 5.92 Å². The van der Waals surface area contributed by atoms with Crippen molar-refractivity contribution in [1.82, 2.24) is 4.98 Å². The molecule has 5 nitrogen and oxygen atoms in total. The van der Waals surface area contributed by atoms with Crippen LogP contribution in [0.25, 0.3) is 0 Å². The van der Waals surface area contributed by atoms with Crippen LogP contribution in [0.4, 0.5) is 0 Å². The van der Waals surface area contributed by atoms with Gasteiger partial charge in [-0.2, -0.15) is 0 Å². The summed E-state index contributed by atoms with van der Waals surface area (Å²) in [5.41, 5.74) is 0.373. The van der Waals surface area contributed by atoms with E-state index in [2.05, 4.69) is 4.98 Å². The second kappa shape index (κ2) is 7.51. The maximum Gasteiger partial charge on any atom is 0.353 e. The number of rotatable bonds is 6. The first-order valence-corrected chi connectivity index (χ1v) is 6.31. The molecule has 1 aromatic heterocycles. The zero-order chi connectivity index (χ0) is 14.3. The van der Waals surface area contributed by atoms with Crippen molar-refractivity contribution in [3.8, 4) is 0 Å². The van der Waals surface area contributed by atoms with E-state index >= 15 is 0 Å². The van der Waals surface area contributed by atoms with Gasteiger partial charge in [-0.1, -0.05) is 26.8 Å². The number of carbonyl (C=O) groups is 2.